The van der Waals surface area contributed by atoms with Crippen LogP contribution in [0.4, 0.5) is 0 Å². The maximum absolute atomic E-state index is 11.0. The Balaban J connectivity index is 1.63. The molecule has 2 heterocycles. The third-order valence-corrected chi connectivity index (χ3v) is 5.10. The predicted molar refractivity (Wildman–Crippen MR) is 71.2 cm³/mol. The molecule has 1 unspecified atom stereocenters. The lowest BCUT2D eigenvalue weighted by molar-refractivity contribution is -0.0594. The maximum atomic E-state index is 11.0. The molecule has 0 aromatic heterocycles. The molecule has 4 rings (SSSR count). The summed E-state index contributed by atoms with van der Waals surface area (Å²) in [5, 5.41) is 11.0. The summed E-state index contributed by atoms with van der Waals surface area (Å²) in [5.41, 5.74) is 0.552. The first kappa shape index (κ1) is 11.0. The molecule has 2 bridgehead atoms. The van der Waals surface area contributed by atoms with Crippen LogP contribution in [0.15, 0.2) is 30.3 Å². The van der Waals surface area contributed by atoms with Crippen molar-refractivity contribution < 1.29 is 5.11 Å². The highest BCUT2D eigenvalue weighted by Gasteiger charge is 2.51. The molecule has 3 atom stereocenters. The third kappa shape index (κ3) is 1.63. The number of hydrogen-bond acceptors (Lipinski definition) is 2. The van der Waals surface area contributed by atoms with Crippen LogP contribution in [0, 0.1) is 0 Å². The quantitative estimate of drug-likeness (QED) is 0.863. The fourth-order valence-electron chi connectivity index (χ4n) is 4.21. The summed E-state index contributed by atoms with van der Waals surface area (Å²) in [6.07, 6.45) is 7.22. The standard InChI is InChI=1S/C16H21NO/c18-16(12-4-2-1-3-5-12)10-14-8-9-15(11-16)17(14)13-6-7-13/h1-5,13-15,18H,6-11H2/t14-,15+,16?. The van der Waals surface area contributed by atoms with Gasteiger partial charge in [-0.05, 0) is 44.1 Å². The van der Waals surface area contributed by atoms with E-state index in [-0.39, 0.29) is 0 Å². The van der Waals surface area contributed by atoms with E-state index >= 15 is 0 Å². The number of benzene rings is 1. The van der Waals surface area contributed by atoms with Gasteiger partial charge >= 0.3 is 0 Å². The lowest BCUT2D eigenvalue weighted by Crippen LogP contribution is -2.50. The summed E-state index contributed by atoms with van der Waals surface area (Å²) in [5.74, 6) is 0. The van der Waals surface area contributed by atoms with Crippen molar-refractivity contribution in [2.75, 3.05) is 0 Å². The van der Waals surface area contributed by atoms with Gasteiger partial charge in [-0.25, -0.2) is 0 Å². The number of piperidine rings is 1. The molecule has 2 saturated heterocycles. The molecule has 1 N–H and O–H groups in total. The molecule has 0 amide bonds. The summed E-state index contributed by atoms with van der Waals surface area (Å²) in [7, 11) is 0. The first-order valence-electron chi connectivity index (χ1n) is 7.32. The smallest absolute Gasteiger partial charge is 0.0926 e. The van der Waals surface area contributed by atoms with Gasteiger partial charge in [-0.1, -0.05) is 30.3 Å². The zero-order chi connectivity index (χ0) is 12.2. The molecule has 1 aromatic carbocycles. The lowest BCUT2D eigenvalue weighted by Gasteiger charge is -2.44. The first-order valence-corrected chi connectivity index (χ1v) is 7.32. The van der Waals surface area contributed by atoms with Gasteiger partial charge in [0.05, 0.1) is 5.60 Å². The fourth-order valence-corrected chi connectivity index (χ4v) is 4.21. The van der Waals surface area contributed by atoms with E-state index in [2.05, 4.69) is 17.0 Å². The molecule has 96 valence electrons. The van der Waals surface area contributed by atoms with E-state index in [0.717, 1.165) is 24.4 Å². The van der Waals surface area contributed by atoms with Crippen molar-refractivity contribution in [2.24, 2.45) is 0 Å². The number of aliphatic hydroxyl groups is 1. The summed E-state index contributed by atoms with van der Waals surface area (Å²) in [6.45, 7) is 0. The van der Waals surface area contributed by atoms with Crippen LogP contribution in [0.1, 0.15) is 44.1 Å². The van der Waals surface area contributed by atoms with E-state index in [1.54, 1.807) is 0 Å². The molecule has 2 nitrogen and oxygen atoms in total. The Labute approximate surface area is 109 Å². The zero-order valence-corrected chi connectivity index (χ0v) is 10.8. The minimum Gasteiger partial charge on any atom is -0.385 e. The molecule has 3 aliphatic rings. The molecule has 1 saturated carbocycles. The second-order valence-electron chi connectivity index (χ2n) is 6.37. The van der Waals surface area contributed by atoms with Crippen molar-refractivity contribution in [2.45, 2.75) is 62.3 Å². The van der Waals surface area contributed by atoms with Crippen LogP contribution in [0.2, 0.25) is 0 Å². The van der Waals surface area contributed by atoms with Crippen LogP contribution >= 0.6 is 0 Å². The molecule has 1 aliphatic carbocycles. The van der Waals surface area contributed by atoms with Crippen LogP contribution in [-0.2, 0) is 5.60 Å². The van der Waals surface area contributed by atoms with Crippen LogP contribution in [0.3, 0.4) is 0 Å². The minimum absolute atomic E-state index is 0.571. The van der Waals surface area contributed by atoms with E-state index in [4.69, 9.17) is 0 Å². The van der Waals surface area contributed by atoms with Gasteiger partial charge in [-0.15, -0.1) is 0 Å². The topological polar surface area (TPSA) is 23.5 Å². The van der Waals surface area contributed by atoms with Gasteiger partial charge in [0.2, 0.25) is 0 Å². The highest BCUT2D eigenvalue weighted by molar-refractivity contribution is 5.25. The molecule has 1 aromatic rings. The van der Waals surface area contributed by atoms with E-state index in [0.29, 0.717) is 12.1 Å². The Morgan fingerprint density at radius 2 is 1.44 bits per heavy atom. The summed E-state index contributed by atoms with van der Waals surface area (Å²) in [6, 6.07) is 12.4. The molecule has 0 spiro atoms. The Hall–Kier alpha value is -0.860. The van der Waals surface area contributed by atoms with E-state index in [1.165, 1.54) is 25.7 Å². The SMILES string of the molecule is OC1(c2ccccc2)C[C@H]2CC[C@@H](C1)N2C1CC1. The van der Waals surface area contributed by atoms with E-state index in [1.807, 2.05) is 18.2 Å². The van der Waals surface area contributed by atoms with Gasteiger partial charge in [0, 0.05) is 18.1 Å². The highest BCUT2D eigenvalue weighted by atomic mass is 16.3. The van der Waals surface area contributed by atoms with Gasteiger partial charge in [-0.3, -0.25) is 4.90 Å². The van der Waals surface area contributed by atoms with Crippen molar-refractivity contribution in [3.8, 4) is 0 Å². The Bertz CT molecular complexity index is 426. The largest absolute Gasteiger partial charge is 0.385 e. The number of fused-ring (bicyclic) bond motifs is 2. The zero-order valence-electron chi connectivity index (χ0n) is 10.8. The first-order chi connectivity index (χ1) is 8.76. The van der Waals surface area contributed by atoms with Crippen molar-refractivity contribution in [1.29, 1.82) is 0 Å². The Kier molecular flexibility index (Phi) is 2.33. The summed E-state index contributed by atoms with van der Waals surface area (Å²) >= 11 is 0. The van der Waals surface area contributed by atoms with Gasteiger partial charge < -0.3 is 5.11 Å². The predicted octanol–water partition coefficient (Wildman–Crippen LogP) is 2.66. The fraction of sp³-hybridized carbons (Fsp3) is 0.625. The number of rotatable bonds is 2. The number of hydrogen-bond donors (Lipinski definition) is 1. The van der Waals surface area contributed by atoms with Gasteiger partial charge in [0.25, 0.3) is 0 Å². The molecule has 2 heteroatoms. The highest BCUT2D eigenvalue weighted by Crippen LogP contribution is 2.49. The van der Waals surface area contributed by atoms with Crippen LogP contribution in [0.25, 0.3) is 0 Å². The van der Waals surface area contributed by atoms with E-state index < -0.39 is 5.60 Å². The van der Waals surface area contributed by atoms with Crippen molar-refractivity contribution in [1.82, 2.24) is 4.90 Å². The third-order valence-electron chi connectivity index (χ3n) is 5.10. The second-order valence-corrected chi connectivity index (χ2v) is 6.37. The average Bonchev–Trinajstić information content (AvgIpc) is 3.18. The van der Waals surface area contributed by atoms with Gasteiger partial charge in [-0.2, -0.15) is 0 Å². The molecule has 0 radical (unpaired) electrons. The minimum atomic E-state index is -0.571. The van der Waals surface area contributed by atoms with Crippen molar-refractivity contribution >= 4 is 0 Å². The molecule has 18 heavy (non-hydrogen) atoms. The normalized spacial score (nSPS) is 40.1. The average molecular weight is 243 g/mol. The Morgan fingerprint density at radius 3 is 2.00 bits per heavy atom. The van der Waals surface area contributed by atoms with Crippen molar-refractivity contribution in [3.63, 3.8) is 0 Å². The van der Waals surface area contributed by atoms with Gasteiger partial charge in [0.1, 0.15) is 0 Å². The molecule has 3 fully saturated rings. The molecular formula is C16H21NO. The molecular weight excluding hydrogens is 222 g/mol. The Morgan fingerprint density at radius 1 is 0.889 bits per heavy atom. The van der Waals surface area contributed by atoms with Crippen LogP contribution in [0.5, 0.6) is 0 Å². The number of nitrogens with zero attached hydrogens (tertiary/aromatic N) is 1. The summed E-state index contributed by atoms with van der Waals surface area (Å²) in [4.78, 5) is 2.73. The second kappa shape index (κ2) is 3.82. The van der Waals surface area contributed by atoms with Crippen molar-refractivity contribution in [3.05, 3.63) is 35.9 Å². The van der Waals surface area contributed by atoms with Crippen LogP contribution in [-0.4, -0.2) is 28.1 Å². The summed E-state index contributed by atoms with van der Waals surface area (Å²) < 4.78 is 0. The molecule has 2 aliphatic heterocycles. The monoisotopic (exact) mass is 243 g/mol. The lowest BCUT2D eigenvalue weighted by atomic mass is 9.80. The maximum Gasteiger partial charge on any atom is 0.0926 e. The van der Waals surface area contributed by atoms with E-state index in [9.17, 15) is 5.11 Å². The van der Waals surface area contributed by atoms with Crippen LogP contribution < -0.4 is 0 Å². The van der Waals surface area contributed by atoms with Gasteiger partial charge in [0.15, 0.2) is 0 Å².